The molecular weight excluding hydrogens is 477 g/mol. The van der Waals surface area contributed by atoms with Gasteiger partial charge in [0.25, 0.3) is 0 Å². The number of nitrogens with one attached hydrogen (secondary N) is 1. The first kappa shape index (κ1) is 24.5. The lowest BCUT2D eigenvalue weighted by molar-refractivity contribution is -0.137. The fraction of sp³-hybridized carbons (Fsp3) is 0.154. The Morgan fingerprint density at radius 2 is 1.66 bits per heavy atom. The lowest BCUT2D eigenvalue weighted by Gasteiger charge is -2.19. The summed E-state index contributed by atoms with van der Waals surface area (Å²) in [6.45, 7) is 0.201. The van der Waals surface area contributed by atoms with E-state index in [1.54, 1.807) is 16.6 Å². The average molecular weight is 499 g/mol. The number of aromatic nitrogens is 2. The van der Waals surface area contributed by atoms with Crippen LogP contribution in [0.3, 0.4) is 0 Å². The molecule has 4 rings (SSSR count). The number of carbonyl (C=O) groups is 1. The second kappa shape index (κ2) is 10.3. The number of nitrogens with zero attached hydrogens (tertiary/aromatic N) is 3. The van der Waals surface area contributed by atoms with Gasteiger partial charge in [0.05, 0.1) is 34.2 Å². The van der Waals surface area contributed by atoms with Gasteiger partial charge in [-0.05, 0) is 31.3 Å². The number of para-hydroxylation sites is 2. The summed E-state index contributed by atoms with van der Waals surface area (Å²) in [6.07, 6.45) is -2.75. The third-order valence-electron chi connectivity index (χ3n) is 5.30. The minimum atomic E-state index is -4.64. The number of carbonyl (C=O) groups excluding carboxylic acids is 1. The van der Waals surface area contributed by atoms with Gasteiger partial charge in [-0.25, -0.2) is 4.68 Å². The van der Waals surface area contributed by atoms with Crippen LogP contribution in [0.25, 0.3) is 16.9 Å². The van der Waals surface area contributed by atoms with Gasteiger partial charge in [0, 0.05) is 23.9 Å². The predicted molar refractivity (Wildman–Crippen MR) is 130 cm³/mol. The molecule has 0 bridgehead atoms. The second-order valence-electron chi connectivity index (χ2n) is 8.03. The molecule has 3 aromatic carbocycles. The zero-order chi connectivity index (χ0) is 25.0. The molecule has 0 unspecified atom stereocenters. The molecule has 35 heavy (non-hydrogen) atoms. The van der Waals surface area contributed by atoms with Crippen molar-refractivity contribution in [2.75, 3.05) is 18.9 Å². The molecule has 9 heteroatoms. The van der Waals surface area contributed by atoms with Gasteiger partial charge < -0.3 is 5.32 Å². The van der Waals surface area contributed by atoms with Crippen LogP contribution in [0.5, 0.6) is 0 Å². The summed E-state index contributed by atoms with van der Waals surface area (Å²) in [5, 5.41) is 6.90. The van der Waals surface area contributed by atoms with E-state index in [0.29, 0.717) is 6.54 Å². The maximum atomic E-state index is 13.3. The number of rotatable bonds is 7. The summed E-state index contributed by atoms with van der Waals surface area (Å²) in [7, 11) is 1.71. The third kappa shape index (κ3) is 5.90. The molecule has 0 aliphatic heterocycles. The molecule has 0 saturated heterocycles. The minimum Gasteiger partial charge on any atom is -0.323 e. The van der Waals surface area contributed by atoms with Crippen LogP contribution in [0.4, 0.5) is 18.9 Å². The van der Waals surface area contributed by atoms with E-state index in [1.165, 1.54) is 12.1 Å². The van der Waals surface area contributed by atoms with Crippen molar-refractivity contribution < 1.29 is 18.0 Å². The highest BCUT2D eigenvalue weighted by Crippen LogP contribution is 2.38. The standard InChI is InChI=1S/C26H22ClF3N4O/c1-33(17-23(35)31-25-21(26(28,29)30)13-8-14-22(25)27)15-19-16-34(20-11-6-3-7-12-20)32-24(19)18-9-4-2-5-10-18/h2-14,16H,15,17H2,1H3,(H,31,35). The molecule has 0 fully saturated rings. The first-order valence-electron chi connectivity index (χ1n) is 10.8. The summed E-state index contributed by atoms with van der Waals surface area (Å²) in [5.74, 6) is -0.609. The summed E-state index contributed by atoms with van der Waals surface area (Å²) in [4.78, 5) is 14.3. The monoisotopic (exact) mass is 498 g/mol. The van der Waals surface area contributed by atoms with Gasteiger partial charge in [-0.1, -0.05) is 66.2 Å². The second-order valence-corrected chi connectivity index (χ2v) is 8.44. The van der Waals surface area contributed by atoms with Crippen molar-refractivity contribution in [1.82, 2.24) is 14.7 Å². The van der Waals surface area contributed by atoms with Crippen LogP contribution >= 0.6 is 11.6 Å². The van der Waals surface area contributed by atoms with Crippen LogP contribution in [-0.4, -0.2) is 34.2 Å². The van der Waals surface area contributed by atoms with Gasteiger partial charge in [0.1, 0.15) is 0 Å². The fourth-order valence-corrected chi connectivity index (χ4v) is 3.96. The maximum absolute atomic E-state index is 13.3. The van der Waals surface area contributed by atoms with Gasteiger partial charge in [-0.3, -0.25) is 9.69 Å². The first-order valence-corrected chi connectivity index (χ1v) is 11.1. The molecule has 1 heterocycles. The Balaban J connectivity index is 1.54. The SMILES string of the molecule is CN(CC(=O)Nc1c(Cl)cccc1C(F)(F)F)Cc1cn(-c2ccccc2)nc1-c1ccccc1. The zero-order valence-electron chi connectivity index (χ0n) is 18.8. The van der Waals surface area contributed by atoms with E-state index in [0.717, 1.165) is 28.6 Å². The predicted octanol–water partition coefficient (Wildman–Crippen LogP) is 6.28. The van der Waals surface area contributed by atoms with E-state index in [1.807, 2.05) is 66.9 Å². The van der Waals surface area contributed by atoms with Crippen LogP contribution in [-0.2, 0) is 17.5 Å². The van der Waals surface area contributed by atoms with Crippen molar-refractivity contribution in [3.8, 4) is 16.9 Å². The third-order valence-corrected chi connectivity index (χ3v) is 5.61. The Bertz CT molecular complexity index is 1310. The number of benzene rings is 3. The first-order chi connectivity index (χ1) is 16.7. The molecule has 0 radical (unpaired) electrons. The zero-order valence-corrected chi connectivity index (χ0v) is 19.5. The van der Waals surface area contributed by atoms with Crippen molar-refractivity contribution in [2.45, 2.75) is 12.7 Å². The van der Waals surface area contributed by atoms with E-state index in [9.17, 15) is 18.0 Å². The van der Waals surface area contributed by atoms with E-state index >= 15 is 0 Å². The van der Waals surface area contributed by atoms with E-state index < -0.39 is 23.3 Å². The maximum Gasteiger partial charge on any atom is 0.418 e. The normalized spacial score (nSPS) is 11.6. The highest BCUT2D eigenvalue weighted by Gasteiger charge is 2.34. The Kier molecular flexibility index (Phi) is 7.23. The van der Waals surface area contributed by atoms with Gasteiger partial charge in [0.15, 0.2) is 0 Å². The molecule has 1 amide bonds. The molecule has 0 spiro atoms. The van der Waals surface area contributed by atoms with E-state index in [-0.39, 0.29) is 11.6 Å². The van der Waals surface area contributed by atoms with Gasteiger partial charge >= 0.3 is 6.18 Å². The highest BCUT2D eigenvalue weighted by molar-refractivity contribution is 6.34. The van der Waals surface area contributed by atoms with Crippen molar-refractivity contribution in [1.29, 1.82) is 0 Å². The molecule has 1 N–H and O–H groups in total. The Morgan fingerprint density at radius 1 is 1.00 bits per heavy atom. The Morgan fingerprint density at radius 3 is 2.31 bits per heavy atom. The van der Waals surface area contributed by atoms with Crippen LogP contribution in [0.15, 0.2) is 85.1 Å². The number of amides is 1. The van der Waals surface area contributed by atoms with E-state index in [2.05, 4.69) is 5.32 Å². The molecule has 5 nitrogen and oxygen atoms in total. The topological polar surface area (TPSA) is 50.2 Å². The van der Waals surface area contributed by atoms with Crippen molar-refractivity contribution >= 4 is 23.2 Å². The number of anilines is 1. The lowest BCUT2D eigenvalue weighted by Crippen LogP contribution is -2.30. The molecule has 180 valence electrons. The fourth-order valence-electron chi connectivity index (χ4n) is 3.74. The van der Waals surface area contributed by atoms with Crippen LogP contribution < -0.4 is 5.32 Å². The smallest absolute Gasteiger partial charge is 0.323 e. The molecule has 0 aliphatic rings. The number of hydrogen-bond acceptors (Lipinski definition) is 3. The van der Waals surface area contributed by atoms with Crippen molar-refractivity contribution in [2.24, 2.45) is 0 Å². The quantitative estimate of drug-likeness (QED) is 0.326. The molecule has 1 aromatic heterocycles. The minimum absolute atomic E-state index is 0.146. The van der Waals surface area contributed by atoms with Crippen LogP contribution in [0, 0.1) is 0 Å². The molecule has 4 aromatic rings. The van der Waals surface area contributed by atoms with Gasteiger partial charge in [-0.2, -0.15) is 18.3 Å². The van der Waals surface area contributed by atoms with Gasteiger partial charge in [-0.15, -0.1) is 0 Å². The number of likely N-dealkylation sites (N-methyl/N-ethyl adjacent to an activating group) is 1. The van der Waals surface area contributed by atoms with Crippen LogP contribution in [0.1, 0.15) is 11.1 Å². The summed E-state index contributed by atoms with van der Waals surface area (Å²) < 4.78 is 41.8. The number of hydrogen-bond donors (Lipinski definition) is 1. The lowest BCUT2D eigenvalue weighted by atomic mass is 10.1. The summed E-state index contributed by atoms with van der Waals surface area (Å²) in [6, 6.07) is 22.7. The Hall–Kier alpha value is -3.62. The highest BCUT2D eigenvalue weighted by atomic mass is 35.5. The average Bonchev–Trinajstić information content (AvgIpc) is 3.24. The van der Waals surface area contributed by atoms with Crippen molar-refractivity contribution in [3.05, 3.63) is 101 Å². The van der Waals surface area contributed by atoms with Gasteiger partial charge in [0.2, 0.25) is 5.91 Å². The van der Waals surface area contributed by atoms with Crippen molar-refractivity contribution in [3.63, 3.8) is 0 Å². The Labute approximate surface area is 205 Å². The molecule has 0 aliphatic carbocycles. The number of halogens is 4. The number of alkyl halides is 3. The van der Waals surface area contributed by atoms with E-state index in [4.69, 9.17) is 16.7 Å². The molecule has 0 saturated carbocycles. The summed E-state index contributed by atoms with van der Waals surface area (Å²) >= 11 is 5.96. The summed E-state index contributed by atoms with van der Waals surface area (Å²) in [5.41, 5.74) is 1.99. The largest absolute Gasteiger partial charge is 0.418 e. The molecular formula is C26H22ClF3N4O. The van der Waals surface area contributed by atoms with Crippen LogP contribution in [0.2, 0.25) is 5.02 Å². The molecule has 0 atom stereocenters.